The van der Waals surface area contributed by atoms with Crippen LogP contribution >= 0.6 is 0 Å². The summed E-state index contributed by atoms with van der Waals surface area (Å²) in [7, 11) is 0. The predicted octanol–water partition coefficient (Wildman–Crippen LogP) is 3.55. The number of hydrogen-bond donors (Lipinski definition) is 0. The van der Waals surface area contributed by atoms with Crippen molar-refractivity contribution in [2.24, 2.45) is 5.92 Å². The maximum Gasteiger partial charge on any atom is 0.276 e. The van der Waals surface area contributed by atoms with Crippen LogP contribution in [0.3, 0.4) is 0 Å². The zero-order valence-electron chi connectivity index (χ0n) is 18.2. The lowest BCUT2D eigenvalue weighted by molar-refractivity contribution is 0.0115. The third kappa shape index (κ3) is 4.85. The molecule has 0 aromatic carbocycles. The Morgan fingerprint density at radius 1 is 1.13 bits per heavy atom. The van der Waals surface area contributed by atoms with E-state index in [-0.39, 0.29) is 12.1 Å². The molecule has 0 unspecified atom stereocenters. The zero-order valence-corrected chi connectivity index (χ0v) is 18.2. The van der Waals surface area contributed by atoms with Crippen LogP contribution in [0.2, 0.25) is 0 Å². The number of carbonyl (C=O) groups is 1. The minimum atomic E-state index is -2.85. The second-order valence-corrected chi connectivity index (χ2v) is 9.53. The van der Waals surface area contributed by atoms with Gasteiger partial charge < -0.3 is 14.3 Å². The minimum absolute atomic E-state index is 0.215. The molecule has 168 valence electrons. The minimum Gasteiger partial charge on any atom is -0.361 e. The summed E-state index contributed by atoms with van der Waals surface area (Å²) in [4.78, 5) is 19.2. The van der Waals surface area contributed by atoms with Gasteiger partial charge in [-0.25, -0.2) is 8.78 Å². The molecule has 0 radical (unpaired) electrons. The van der Waals surface area contributed by atoms with E-state index in [0.717, 1.165) is 57.4 Å². The predicted molar refractivity (Wildman–Crippen MR) is 110 cm³/mol. The average molecular weight is 425 g/mol. The number of aromatic nitrogens is 1. The van der Waals surface area contributed by atoms with Crippen molar-refractivity contribution in [3.05, 3.63) is 17.0 Å². The molecule has 30 heavy (non-hydrogen) atoms. The van der Waals surface area contributed by atoms with E-state index >= 15 is 0 Å². The molecular weight excluding hydrogens is 390 g/mol. The topological polar surface area (TPSA) is 52.8 Å². The van der Waals surface area contributed by atoms with Gasteiger partial charge in [0.1, 0.15) is 5.76 Å². The molecule has 3 fully saturated rings. The summed E-state index contributed by atoms with van der Waals surface area (Å²) in [6.07, 6.45) is 5.37. The van der Waals surface area contributed by atoms with Crippen LogP contribution in [-0.2, 0) is 6.54 Å². The van der Waals surface area contributed by atoms with Gasteiger partial charge in [-0.1, -0.05) is 18.5 Å². The van der Waals surface area contributed by atoms with E-state index in [1.807, 2.05) is 0 Å². The summed E-state index contributed by atoms with van der Waals surface area (Å²) >= 11 is 0. The molecular formula is C22H34F2N4O2. The monoisotopic (exact) mass is 424 g/mol. The average Bonchev–Trinajstić information content (AvgIpc) is 3.23. The summed E-state index contributed by atoms with van der Waals surface area (Å²) in [6.45, 7) is 8.41. The van der Waals surface area contributed by atoms with E-state index in [1.54, 1.807) is 6.92 Å². The highest BCUT2D eigenvalue weighted by atomic mass is 19.3. The summed E-state index contributed by atoms with van der Waals surface area (Å²) in [5, 5.41) is 4.02. The molecule has 1 aromatic heterocycles. The molecule has 4 heterocycles. The third-order valence-electron chi connectivity index (χ3n) is 7.00. The number of piperidine rings is 2. The maximum absolute atomic E-state index is 14.3. The number of nitrogens with zero attached hydrogens (tertiary/aromatic N) is 4. The highest BCUT2D eigenvalue weighted by molar-refractivity contribution is 5.94. The van der Waals surface area contributed by atoms with Crippen molar-refractivity contribution < 1.29 is 18.1 Å². The van der Waals surface area contributed by atoms with E-state index in [4.69, 9.17) is 4.52 Å². The maximum atomic E-state index is 14.3. The van der Waals surface area contributed by atoms with Gasteiger partial charge in [-0.2, -0.15) is 0 Å². The van der Waals surface area contributed by atoms with E-state index in [9.17, 15) is 13.6 Å². The SMILES string of the molecule is Cc1onc(C(=O)N2CC(F)(F)C[C@H]2CN2CCCCC2)c1CN1CCC(C)CC1. The van der Waals surface area contributed by atoms with Crippen LogP contribution < -0.4 is 0 Å². The molecule has 0 aliphatic carbocycles. The van der Waals surface area contributed by atoms with Gasteiger partial charge in [0.2, 0.25) is 0 Å². The number of hydrogen-bond acceptors (Lipinski definition) is 5. The Balaban J connectivity index is 1.49. The number of halogens is 2. The highest BCUT2D eigenvalue weighted by Gasteiger charge is 2.48. The fourth-order valence-electron chi connectivity index (χ4n) is 5.06. The van der Waals surface area contributed by atoms with Crippen LogP contribution in [0.1, 0.15) is 67.3 Å². The Hall–Kier alpha value is -1.54. The summed E-state index contributed by atoms with van der Waals surface area (Å²) in [5.74, 6) is -1.94. The van der Waals surface area contributed by atoms with E-state index in [0.29, 0.717) is 24.8 Å². The smallest absolute Gasteiger partial charge is 0.276 e. The van der Waals surface area contributed by atoms with Crippen LogP contribution in [0.15, 0.2) is 4.52 Å². The number of carbonyl (C=O) groups excluding carboxylic acids is 1. The molecule has 3 aliphatic rings. The van der Waals surface area contributed by atoms with Crippen LogP contribution in [0.25, 0.3) is 0 Å². The third-order valence-corrected chi connectivity index (χ3v) is 7.00. The number of rotatable bonds is 5. The van der Waals surface area contributed by atoms with Gasteiger partial charge in [0.05, 0.1) is 12.6 Å². The normalized spacial score (nSPS) is 26.4. The van der Waals surface area contributed by atoms with Gasteiger partial charge >= 0.3 is 0 Å². The zero-order chi connectivity index (χ0) is 21.3. The first-order valence-electron chi connectivity index (χ1n) is 11.4. The van der Waals surface area contributed by atoms with Crippen molar-refractivity contribution in [1.82, 2.24) is 19.9 Å². The molecule has 0 saturated carbocycles. The molecule has 1 atom stereocenters. The largest absolute Gasteiger partial charge is 0.361 e. The molecule has 0 bridgehead atoms. The van der Waals surface area contributed by atoms with E-state index < -0.39 is 24.4 Å². The Kier molecular flexibility index (Phi) is 6.44. The van der Waals surface area contributed by atoms with Crippen LogP contribution in [0.5, 0.6) is 0 Å². The highest BCUT2D eigenvalue weighted by Crippen LogP contribution is 2.34. The number of likely N-dealkylation sites (tertiary alicyclic amines) is 3. The van der Waals surface area contributed by atoms with Crippen molar-refractivity contribution in [3.8, 4) is 0 Å². The lowest BCUT2D eigenvalue weighted by Gasteiger charge is -2.32. The van der Waals surface area contributed by atoms with Gasteiger partial charge in [-0.15, -0.1) is 0 Å². The summed E-state index contributed by atoms with van der Waals surface area (Å²) < 4.78 is 34.0. The fraction of sp³-hybridized carbons (Fsp3) is 0.818. The van der Waals surface area contributed by atoms with Crippen LogP contribution in [-0.4, -0.2) is 77.0 Å². The fourth-order valence-corrected chi connectivity index (χ4v) is 5.06. The van der Waals surface area contributed by atoms with E-state index in [2.05, 4.69) is 21.9 Å². The van der Waals surface area contributed by atoms with Gasteiger partial charge in [-0.05, 0) is 64.7 Å². The standard InChI is InChI=1S/C22H34F2N4O2/c1-16-6-10-27(11-7-16)14-19-17(2)30-25-20(19)21(29)28-15-22(23,24)12-18(28)13-26-8-4-3-5-9-26/h16,18H,3-15H2,1-2H3/t18-/m0/s1. The van der Waals surface area contributed by atoms with Crippen molar-refractivity contribution >= 4 is 5.91 Å². The Morgan fingerprint density at radius 3 is 2.53 bits per heavy atom. The van der Waals surface area contributed by atoms with Gasteiger partial charge in [-0.3, -0.25) is 9.69 Å². The first-order valence-corrected chi connectivity index (χ1v) is 11.4. The second kappa shape index (κ2) is 8.91. The molecule has 4 rings (SSSR count). The lowest BCUT2D eigenvalue weighted by atomic mass is 9.98. The first-order chi connectivity index (χ1) is 14.3. The molecule has 6 nitrogen and oxygen atoms in total. The van der Waals surface area contributed by atoms with Crippen LogP contribution in [0.4, 0.5) is 8.78 Å². The van der Waals surface area contributed by atoms with Crippen molar-refractivity contribution in [3.63, 3.8) is 0 Å². The quantitative estimate of drug-likeness (QED) is 0.724. The van der Waals surface area contributed by atoms with Gasteiger partial charge in [0, 0.05) is 25.1 Å². The lowest BCUT2D eigenvalue weighted by Crippen LogP contribution is -2.45. The molecule has 0 spiro atoms. The molecule has 1 aromatic rings. The first kappa shape index (κ1) is 21.7. The number of aryl methyl sites for hydroxylation is 1. The molecule has 0 N–H and O–H groups in total. The molecule has 3 aliphatic heterocycles. The van der Waals surface area contributed by atoms with Crippen molar-refractivity contribution in [1.29, 1.82) is 0 Å². The second-order valence-electron chi connectivity index (χ2n) is 9.53. The van der Waals surface area contributed by atoms with Crippen molar-refractivity contribution in [2.45, 2.75) is 70.9 Å². The number of alkyl halides is 2. The van der Waals surface area contributed by atoms with Gasteiger partial charge in [0.25, 0.3) is 11.8 Å². The van der Waals surface area contributed by atoms with Gasteiger partial charge in [0.15, 0.2) is 5.69 Å². The van der Waals surface area contributed by atoms with E-state index in [1.165, 1.54) is 11.3 Å². The molecule has 3 saturated heterocycles. The Morgan fingerprint density at radius 2 is 1.83 bits per heavy atom. The Labute approximate surface area is 177 Å². The summed E-state index contributed by atoms with van der Waals surface area (Å²) in [6, 6.07) is -0.480. The van der Waals surface area contributed by atoms with Crippen molar-refractivity contribution in [2.75, 3.05) is 39.3 Å². The summed E-state index contributed by atoms with van der Waals surface area (Å²) in [5.41, 5.74) is 0.967. The molecule has 8 heteroatoms. The Bertz CT molecular complexity index is 739. The molecule has 1 amide bonds. The van der Waals surface area contributed by atoms with Crippen LogP contribution in [0, 0.1) is 12.8 Å². The number of amides is 1.